The van der Waals surface area contributed by atoms with E-state index >= 15 is 0 Å². The van der Waals surface area contributed by atoms with Crippen LogP contribution < -0.4 is 10.5 Å². The molecular weight excluding hydrogens is 292 g/mol. The fourth-order valence-corrected chi connectivity index (χ4v) is 3.14. The molecule has 4 nitrogen and oxygen atoms in total. The number of rotatable bonds is 9. The molecule has 0 amide bonds. The SMILES string of the molecule is CCCCCCNS(=O)(=O)Cc1ccc(C(N)=S)cc1. The van der Waals surface area contributed by atoms with Crippen molar-refractivity contribution in [2.45, 2.75) is 38.4 Å². The van der Waals surface area contributed by atoms with E-state index in [4.69, 9.17) is 18.0 Å². The van der Waals surface area contributed by atoms with Crippen molar-refractivity contribution < 1.29 is 8.42 Å². The lowest BCUT2D eigenvalue weighted by molar-refractivity contribution is 0.573. The van der Waals surface area contributed by atoms with Gasteiger partial charge in [0.25, 0.3) is 0 Å². The summed E-state index contributed by atoms with van der Waals surface area (Å²) in [6.07, 6.45) is 4.22. The Morgan fingerprint density at radius 2 is 1.85 bits per heavy atom. The summed E-state index contributed by atoms with van der Waals surface area (Å²) in [6, 6.07) is 6.97. The summed E-state index contributed by atoms with van der Waals surface area (Å²) in [5.74, 6) is -0.0155. The number of sulfonamides is 1. The van der Waals surface area contributed by atoms with E-state index in [0.717, 1.165) is 36.8 Å². The standard InChI is InChI=1S/C14H22N2O2S2/c1-2-3-4-5-10-16-20(17,18)11-12-6-8-13(9-7-12)14(15)19/h6-9,16H,2-5,10-11H2,1H3,(H2,15,19). The molecule has 0 aliphatic rings. The highest BCUT2D eigenvalue weighted by Crippen LogP contribution is 2.08. The van der Waals surface area contributed by atoms with Crippen LogP contribution in [-0.4, -0.2) is 20.0 Å². The van der Waals surface area contributed by atoms with Gasteiger partial charge in [-0.1, -0.05) is 62.7 Å². The Labute approximate surface area is 126 Å². The van der Waals surface area contributed by atoms with Crippen molar-refractivity contribution in [3.63, 3.8) is 0 Å². The van der Waals surface area contributed by atoms with Gasteiger partial charge in [0.2, 0.25) is 10.0 Å². The molecule has 6 heteroatoms. The highest BCUT2D eigenvalue weighted by atomic mass is 32.2. The average molecular weight is 314 g/mol. The van der Waals surface area contributed by atoms with Crippen LogP contribution in [0.1, 0.15) is 43.7 Å². The first-order valence-electron chi connectivity index (χ1n) is 6.80. The van der Waals surface area contributed by atoms with E-state index in [-0.39, 0.29) is 5.75 Å². The minimum Gasteiger partial charge on any atom is -0.389 e. The van der Waals surface area contributed by atoms with Gasteiger partial charge in [0.1, 0.15) is 4.99 Å². The van der Waals surface area contributed by atoms with E-state index in [1.807, 2.05) is 0 Å². The number of benzene rings is 1. The van der Waals surface area contributed by atoms with Crippen LogP contribution in [0.5, 0.6) is 0 Å². The van der Waals surface area contributed by atoms with Crippen molar-refractivity contribution >= 4 is 27.2 Å². The Morgan fingerprint density at radius 1 is 1.20 bits per heavy atom. The molecule has 0 aliphatic heterocycles. The quantitative estimate of drug-likeness (QED) is 0.542. The van der Waals surface area contributed by atoms with Crippen molar-refractivity contribution in [2.24, 2.45) is 5.73 Å². The molecule has 0 unspecified atom stereocenters. The first-order valence-corrected chi connectivity index (χ1v) is 8.87. The zero-order valence-corrected chi connectivity index (χ0v) is 13.4. The summed E-state index contributed by atoms with van der Waals surface area (Å²) in [5.41, 5.74) is 6.97. The van der Waals surface area contributed by atoms with E-state index in [1.54, 1.807) is 24.3 Å². The maximum Gasteiger partial charge on any atom is 0.215 e. The maximum absolute atomic E-state index is 11.9. The Kier molecular flexibility index (Phi) is 7.12. The van der Waals surface area contributed by atoms with Gasteiger partial charge < -0.3 is 5.73 Å². The minimum absolute atomic E-state index is 0.0155. The number of hydrogen-bond donors (Lipinski definition) is 2. The molecule has 20 heavy (non-hydrogen) atoms. The molecule has 0 atom stereocenters. The van der Waals surface area contributed by atoms with Gasteiger partial charge in [-0.25, -0.2) is 13.1 Å². The topological polar surface area (TPSA) is 72.2 Å². The minimum atomic E-state index is -3.27. The number of thiocarbonyl (C=S) groups is 1. The summed E-state index contributed by atoms with van der Waals surface area (Å²) >= 11 is 4.85. The average Bonchev–Trinajstić information content (AvgIpc) is 2.38. The lowest BCUT2D eigenvalue weighted by Gasteiger charge is -2.07. The van der Waals surface area contributed by atoms with Crippen LogP contribution in [0.4, 0.5) is 0 Å². The van der Waals surface area contributed by atoms with E-state index in [2.05, 4.69) is 11.6 Å². The molecule has 0 heterocycles. The molecule has 1 aromatic carbocycles. The highest BCUT2D eigenvalue weighted by molar-refractivity contribution is 7.88. The number of nitrogens with two attached hydrogens (primary N) is 1. The largest absolute Gasteiger partial charge is 0.389 e. The van der Waals surface area contributed by atoms with E-state index in [1.165, 1.54) is 0 Å². The molecule has 0 bridgehead atoms. The molecule has 1 aromatic rings. The van der Waals surface area contributed by atoms with Crippen molar-refractivity contribution in [3.8, 4) is 0 Å². The third-order valence-electron chi connectivity index (χ3n) is 2.95. The second kappa shape index (κ2) is 8.34. The van der Waals surface area contributed by atoms with Crippen LogP contribution in [0.2, 0.25) is 0 Å². The van der Waals surface area contributed by atoms with Gasteiger partial charge in [0.05, 0.1) is 5.75 Å². The number of nitrogens with one attached hydrogen (secondary N) is 1. The van der Waals surface area contributed by atoms with Gasteiger partial charge in [-0.3, -0.25) is 0 Å². The van der Waals surface area contributed by atoms with Crippen LogP contribution in [0.15, 0.2) is 24.3 Å². The smallest absolute Gasteiger partial charge is 0.215 e. The summed E-state index contributed by atoms with van der Waals surface area (Å²) in [5, 5.41) is 0. The molecule has 0 radical (unpaired) electrons. The van der Waals surface area contributed by atoms with Gasteiger partial charge >= 0.3 is 0 Å². The van der Waals surface area contributed by atoms with E-state index < -0.39 is 10.0 Å². The maximum atomic E-state index is 11.9. The third-order valence-corrected chi connectivity index (χ3v) is 4.54. The molecule has 0 aromatic heterocycles. The molecule has 0 aliphatic carbocycles. The zero-order valence-electron chi connectivity index (χ0n) is 11.8. The highest BCUT2D eigenvalue weighted by Gasteiger charge is 2.10. The molecule has 0 saturated heterocycles. The van der Waals surface area contributed by atoms with Crippen molar-refractivity contribution in [1.29, 1.82) is 0 Å². The van der Waals surface area contributed by atoms with Crippen LogP contribution in [0, 0.1) is 0 Å². The Morgan fingerprint density at radius 3 is 2.40 bits per heavy atom. The summed E-state index contributed by atoms with van der Waals surface area (Å²) in [4.78, 5) is 0.313. The van der Waals surface area contributed by atoms with Gasteiger partial charge in [0.15, 0.2) is 0 Å². The van der Waals surface area contributed by atoms with Crippen LogP contribution in [-0.2, 0) is 15.8 Å². The fourth-order valence-electron chi connectivity index (χ4n) is 1.82. The molecule has 1 rings (SSSR count). The predicted molar refractivity (Wildman–Crippen MR) is 87.1 cm³/mol. The fraction of sp³-hybridized carbons (Fsp3) is 0.500. The van der Waals surface area contributed by atoms with Gasteiger partial charge in [-0.2, -0.15) is 0 Å². The predicted octanol–water partition coefficient (Wildman–Crippen LogP) is 2.32. The van der Waals surface area contributed by atoms with Crippen LogP contribution in [0.25, 0.3) is 0 Å². The molecule has 0 spiro atoms. The first-order chi connectivity index (χ1) is 9.44. The second-order valence-electron chi connectivity index (χ2n) is 4.78. The monoisotopic (exact) mass is 314 g/mol. The second-order valence-corrected chi connectivity index (χ2v) is 7.02. The molecular formula is C14H22N2O2S2. The van der Waals surface area contributed by atoms with E-state index in [0.29, 0.717) is 11.5 Å². The van der Waals surface area contributed by atoms with Crippen molar-refractivity contribution in [2.75, 3.05) is 6.54 Å². The number of unbranched alkanes of at least 4 members (excludes halogenated alkanes) is 3. The molecule has 112 valence electrons. The van der Waals surface area contributed by atoms with Gasteiger partial charge in [-0.05, 0) is 12.0 Å². The summed E-state index contributed by atoms with van der Waals surface area (Å²) < 4.78 is 26.4. The molecule has 3 N–H and O–H groups in total. The third kappa shape index (κ3) is 6.45. The Balaban J connectivity index is 2.47. The zero-order chi connectivity index (χ0) is 15.0. The van der Waals surface area contributed by atoms with E-state index in [9.17, 15) is 8.42 Å². The Bertz CT molecular complexity index is 525. The van der Waals surface area contributed by atoms with Gasteiger partial charge in [-0.15, -0.1) is 0 Å². The van der Waals surface area contributed by atoms with Crippen LogP contribution in [0.3, 0.4) is 0 Å². The van der Waals surface area contributed by atoms with Crippen molar-refractivity contribution in [3.05, 3.63) is 35.4 Å². The first kappa shape index (κ1) is 17.1. The van der Waals surface area contributed by atoms with Crippen LogP contribution >= 0.6 is 12.2 Å². The summed E-state index contributed by atoms with van der Waals surface area (Å²) in [7, 11) is -3.27. The van der Waals surface area contributed by atoms with Crippen molar-refractivity contribution in [1.82, 2.24) is 4.72 Å². The molecule has 0 saturated carbocycles. The number of hydrogen-bond acceptors (Lipinski definition) is 3. The lowest BCUT2D eigenvalue weighted by Crippen LogP contribution is -2.26. The summed E-state index contributed by atoms with van der Waals surface area (Å²) in [6.45, 7) is 2.63. The Hall–Kier alpha value is -0.980. The van der Waals surface area contributed by atoms with Gasteiger partial charge in [0, 0.05) is 12.1 Å². The normalized spacial score (nSPS) is 11.4. The molecule has 0 fully saturated rings. The lowest BCUT2D eigenvalue weighted by atomic mass is 10.1.